The number of hydrogen-bond donors (Lipinski definition) is 1. The van der Waals surface area contributed by atoms with Gasteiger partial charge in [0.2, 0.25) is 0 Å². The van der Waals surface area contributed by atoms with Gasteiger partial charge in [0.15, 0.2) is 0 Å². The highest BCUT2D eigenvalue weighted by molar-refractivity contribution is 9.10. The number of rotatable bonds is 5. The molecule has 0 saturated heterocycles. The zero-order chi connectivity index (χ0) is 13.8. The minimum absolute atomic E-state index is 0.264. The maximum Gasteiger partial charge on any atom is 0.141 e. The molecule has 0 radical (unpaired) electrons. The second-order valence-corrected chi connectivity index (χ2v) is 5.38. The van der Waals surface area contributed by atoms with E-state index in [1.807, 2.05) is 6.07 Å². The van der Waals surface area contributed by atoms with Crippen molar-refractivity contribution in [2.45, 2.75) is 33.0 Å². The summed E-state index contributed by atoms with van der Waals surface area (Å²) in [6, 6.07) is 5.37. The van der Waals surface area contributed by atoms with Crippen molar-refractivity contribution in [2.75, 3.05) is 0 Å². The number of hydrogen-bond acceptors (Lipinski definition) is 3. The lowest BCUT2D eigenvalue weighted by molar-refractivity contribution is 0.537. The molecule has 0 aliphatic carbocycles. The summed E-state index contributed by atoms with van der Waals surface area (Å²) in [4.78, 5) is 4.22. The lowest BCUT2D eigenvalue weighted by Gasteiger charge is -2.10. The van der Waals surface area contributed by atoms with Crippen LogP contribution in [0.2, 0.25) is 0 Å². The van der Waals surface area contributed by atoms with E-state index in [-0.39, 0.29) is 5.82 Å². The first-order chi connectivity index (χ1) is 9.08. The van der Waals surface area contributed by atoms with E-state index in [0.29, 0.717) is 23.6 Å². The molecule has 0 unspecified atom stereocenters. The van der Waals surface area contributed by atoms with Crippen molar-refractivity contribution in [3.8, 4) is 0 Å². The van der Waals surface area contributed by atoms with Crippen molar-refractivity contribution >= 4 is 15.9 Å². The van der Waals surface area contributed by atoms with Crippen LogP contribution >= 0.6 is 15.9 Å². The number of benzene rings is 1. The lowest BCUT2D eigenvalue weighted by Crippen LogP contribution is -2.24. The Hall–Kier alpha value is -1.27. The van der Waals surface area contributed by atoms with Crippen molar-refractivity contribution in [3.63, 3.8) is 0 Å². The molecule has 0 fully saturated rings. The van der Waals surface area contributed by atoms with Crippen LogP contribution in [-0.4, -0.2) is 20.8 Å². The number of nitrogens with zero attached hydrogens (tertiary/aromatic N) is 3. The van der Waals surface area contributed by atoms with Gasteiger partial charge in [-0.2, -0.15) is 5.10 Å². The van der Waals surface area contributed by atoms with Gasteiger partial charge < -0.3 is 5.32 Å². The Morgan fingerprint density at radius 2 is 2.21 bits per heavy atom. The third-order valence-corrected chi connectivity index (χ3v) is 3.60. The molecule has 0 atom stereocenters. The lowest BCUT2D eigenvalue weighted by atomic mass is 10.2. The van der Waals surface area contributed by atoms with Crippen LogP contribution in [0.3, 0.4) is 0 Å². The van der Waals surface area contributed by atoms with Crippen molar-refractivity contribution in [2.24, 2.45) is 0 Å². The summed E-state index contributed by atoms with van der Waals surface area (Å²) in [5.74, 6) is 0.573. The van der Waals surface area contributed by atoms with Crippen LogP contribution in [0.5, 0.6) is 0 Å². The summed E-state index contributed by atoms with van der Waals surface area (Å²) in [6.45, 7) is 5.28. The number of nitrogens with one attached hydrogen (secondary N) is 1. The quantitative estimate of drug-likeness (QED) is 0.918. The van der Waals surface area contributed by atoms with Gasteiger partial charge in [-0.3, -0.25) is 0 Å². The van der Waals surface area contributed by atoms with Crippen LogP contribution in [-0.2, 0) is 13.1 Å². The molecule has 102 valence electrons. The van der Waals surface area contributed by atoms with Gasteiger partial charge in [-0.05, 0) is 27.6 Å². The fourth-order valence-corrected chi connectivity index (χ4v) is 2.07. The molecule has 2 aromatic rings. The van der Waals surface area contributed by atoms with E-state index in [1.165, 1.54) is 12.4 Å². The van der Waals surface area contributed by atoms with E-state index >= 15 is 0 Å². The summed E-state index contributed by atoms with van der Waals surface area (Å²) >= 11 is 3.26. The molecule has 0 bridgehead atoms. The van der Waals surface area contributed by atoms with Crippen LogP contribution < -0.4 is 5.32 Å². The molecule has 4 nitrogen and oxygen atoms in total. The molecule has 1 aromatic carbocycles. The molecule has 6 heteroatoms. The molecular formula is C13H16BrFN4. The predicted octanol–water partition coefficient (Wildman–Crippen LogP) is 2.73. The Morgan fingerprint density at radius 1 is 1.42 bits per heavy atom. The summed E-state index contributed by atoms with van der Waals surface area (Å²) in [5, 5.41) is 7.47. The highest BCUT2D eigenvalue weighted by Crippen LogP contribution is 2.21. The number of halogens is 2. The molecular weight excluding hydrogens is 311 g/mol. The zero-order valence-corrected chi connectivity index (χ0v) is 12.5. The Kier molecular flexibility index (Phi) is 4.66. The van der Waals surface area contributed by atoms with E-state index in [0.717, 1.165) is 11.4 Å². The molecule has 0 aliphatic heterocycles. The first-order valence-corrected chi connectivity index (χ1v) is 6.90. The van der Waals surface area contributed by atoms with Crippen molar-refractivity contribution in [3.05, 3.63) is 46.2 Å². The molecule has 0 amide bonds. The summed E-state index contributed by atoms with van der Waals surface area (Å²) in [7, 11) is 0. The normalized spacial score (nSPS) is 11.2. The fourth-order valence-electron chi connectivity index (χ4n) is 1.68. The first kappa shape index (κ1) is 14.1. The Balaban J connectivity index is 2.15. The summed E-state index contributed by atoms with van der Waals surface area (Å²) in [5.41, 5.74) is 0.844. The number of aromatic nitrogens is 3. The second-order valence-electron chi connectivity index (χ2n) is 4.58. The highest BCUT2D eigenvalue weighted by Gasteiger charge is 2.09. The molecule has 19 heavy (non-hydrogen) atoms. The van der Waals surface area contributed by atoms with Gasteiger partial charge in [0.05, 0.1) is 17.6 Å². The Bertz CT molecular complexity index is 553. The van der Waals surface area contributed by atoms with Crippen molar-refractivity contribution < 1.29 is 4.39 Å². The molecule has 0 spiro atoms. The predicted molar refractivity (Wildman–Crippen MR) is 75.2 cm³/mol. The van der Waals surface area contributed by atoms with Crippen LogP contribution in [0.1, 0.15) is 25.2 Å². The third-order valence-electron chi connectivity index (χ3n) is 2.72. The summed E-state index contributed by atoms with van der Waals surface area (Å²) in [6.07, 6.45) is 1.52. The van der Waals surface area contributed by atoms with Gasteiger partial charge in [-0.15, -0.1) is 0 Å². The Labute approximate surface area is 120 Å². The molecule has 1 N–H and O–H groups in total. The second kappa shape index (κ2) is 6.25. The van der Waals surface area contributed by atoms with Crippen molar-refractivity contribution in [1.82, 2.24) is 20.1 Å². The average Bonchev–Trinajstić information content (AvgIpc) is 2.80. The smallest absolute Gasteiger partial charge is 0.141 e. The molecule has 1 heterocycles. The monoisotopic (exact) mass is 326 g/mol. The van der Waals surface area contributed by atoms with E-state index < -0.39 is 0 Å². The highest BCUT2D eigenvalue weighted by atomic mass is 79.9. The van der Waals surface area contributed by atoms with E-state index in [9.17, 15) is 4.39 Å². The molecule has 0 aliphatic rings. The van der Waals surface area contributed by atoms with E-state index in [2.05, 4.69) is 45.2 Å². The molecule has 0 saturated carbocycles. The zero-order valence-electron chi connectivity index (χ0n) is 10.9. The van der Waals surface area contributed by atoms with Gasteiger partial charge in [-0.25, -0.2) is 14.1 Å². The van der Waals surface area contributed by atoms with Crippen LogP contribution in [0.4, 0.5) is 4.39 Å². The Morgan fingerprint density at radius 3 is 2.95 bits per heavy atom. The third kappa shape index (κ3) is 3.61. The SMILES string of the molecule is CC(C)NCc1ncnn1Cc1cccc(F)c1Br. The van der Waals surface area contributed by atoms with Gasteiger partial charge in [0.25, 0.3) is 0 Å². The van der Waals surface area contributed by atoms with Crippen LogP contribution in [0.15, 0.2) is 29.0 Å². The van der Waals surface area contributed by atoms with Crippen LogP contribution in [0, 0.1) is 5.82 Å². The first-order valence-electron chi connectivity index (χ1n) is 6.11. The van der Waals surface area contributed by atoms with E-state index in [4.69, 9.17) is 0 Å². The van der Waals surface area contributed by atoms with E-state index in [1.54, 1.807) is 10.7 Å². The minimum atomic E-state index is -0.264. The van der Waals surface area contributed by atoms with Gasteiger partial charge >= 0.3 is 0 Å². The average molecular weight is 327 g/mol. The van der Waals surface area contributed by atoms with Gasteiger partial charge in [-0.1, -0.05) is 26.0 Å². The topological polar surface area (TPSA) is 42.7 Å². The van der Waals surface area contributed by atoms with Gasteiger partial charge in [0.1, 0.15) is 18.0 Å². The van der Waals surface area contributed by atoms with Crippen molar-refractivity contribution in [1.29, 1.82) is 0 Å². The largest absolute Gasteiger partial charge is 0.308 e. The summed E-state index contributed by atoms with van der Waals surface area (Å²) < 4.78 is 15.7. The standard InChI is InChI=1S/C13H16BrFN4/c1-9(2)16-6-12-17-8-18-19(12)7-10-4-3-5-11(15)13(10)14/h3-5,8-9,16H,6-7H2,1-2H3. The maximum atomic E-state index is 13.5. The maximum absolute atomic E-state index is 13.5. The molecule has 1 aromatic heterocycles. The van der Waals surface area contributed by atoms with Crippen LogP contribution in [0.25, 0.3) is 0 Å². The minimum Gasteiger partial charge on any atom is -0.308 e. The molecule has 2 rings (SSSR count). The fraction of sp³-hybridized carbons (Fsp3) is 0.385. The van der Waals surface area contributed by atoms with Gasteiger partial charge in [0, 0.05) is 6.04 Å².